The fraction of sp³-hybridized carbons (Fsp3) is 0.222. The lowest BCUT2D eigenvalue weighted by Gasteiger charge is -2.09. The number of thiol groups is 1. The van der Waals surface area contributed by atoms with Gasteiger partial charge in [-0.15, -0.1) is 12.6 Å². The van der Waals surface area contributed by atoms with E-state index in [-0.39, 0.29) is 10.6 Å². The van der Waals surface area contributed by atoms with Crippen molar-refractivity contribution in [2.75, 3.05) is 5.73 Å². The monoisotopic (exact) mass is 259 g/mol. The van der Waals surface area contributed by atoms with E-state index in [1.807, 2.05) is 0 Å². The maximum atomic E-state index is 11.1. The van der Waals surface area contributed by atoms with Crippen molar-refractivity contribution in [2.45, 2.75) is 16.6 Å². The van der Waals surface area contributed by atoms with Crippen LogP contribution in [0.1, 0.15) is 17.3 Å². The Labute approximate surface area is 91.1 Å². The molecule has 2 N–H and O–H groups in total. The van der Waals surface area contributed by atoms with Crippen molar-refractivity contribution in [1.29, 1.82) is 0 Å². The smallest absolute Gasteiger partial charge is 0.147 e. The van der Waals surface area contributed by atoms with Gasteiger partial charge < -0.3 is 5.73 Å². The summed E-state index contributed by atoms with van der Waals surface area (Å²) in [6.45, 7) is 1.52. The number of hydrogen-bond donors (Lipinski definition) is 2. The van der Waals surface area contributed by atoms with Crippen molar-refractivity contribution in [3.8, 4) is 0 Å². The van der Waals surface area contributed by atoms with E-state index < -0.39 is 0 Å². The summed E-state index contributed by atoms with van der Waals surface area (Å²) in [5.41, 5.74) is 7.05. The molecule has 0 fully saturated rings. The number of anilines is 1. The van der Waals surface area contributed by atoms with E-state index in [4.69, 9.17) is 5.73 Å². The number of hydrogen-bond acceptors (Lipinski definition) is 3. The lowest BCUT2D eigenvalue weighted by Crippen LogP contribution is -2.02. The lowest BCUT2D eigenvalue weighted by atomic mass is 10.1. The minimum Gasteiger partial charge on any atom is -0.399 e. The van der Waals surface area contributed by atoms with Gasteiger partial charge in [0, 0.05) is 10.6 Å². The van der Waals surface area contributed by atoms with Crippen LogP contribution < -0.4 is 5.73 Å². The molecule has 0 heterocycles. The number of halogens is 1. The van der Waals surface area contributed by atoms with Crippen LogP contribution >= 0.6 is 28.6 Å². The number of carbonyl (C=O) groups excluding carboxylic acids is 1. The van der Waals surface area contributed by atoms with Gasteiger partial charge in [-0.25, -0.2) is 0 Å². The molecule has 0 saturated carbocycles. The average molecular weight is 260 g/mol. The standard InChI is InChI=1S/C9H10BrNOS/c1-5(12)9(10)7-4-6(11)2-3-8(7)13/h2-4,9,13H,11H2,1H3. The molecule has 4 heteroatoms. The van der Waals surface area contributed by atoms with Gasteiger partial charge in [0.15, 0.2) is 0 Å². The topological polar surface area (TPSA) is 43.1 Å². The van der Waals surface area contributed by atoms with E-state index in [0.29, 0.717) is 5.69 Å². The number of nitrogen functional groups attached to an aromatic ring is 1. The van der Waals surface area contributed by atoms with E-state index in [0.717, 1.165) is 10.5 Å². The lowest BCUT2D eigenvalue weighted by molar-refractivity contribution is -0.116. The fourth-order valence-corrected chi connectivity index (χ4v) is 1.82. The highest BCUT2D eigenvalue weighted by Gasteiger charge is 2.15. The number of carbonyl (C=O) groups is 1. The summed E-state index contributed by atoms with van der Waals surface area (Å²) in [5.74, 6) is 0.0425. The molecule has 0 radical (unpaired) electrons. The van der Waals surface area contributed by atoms with Crippen molar-refractivity contribution in [3.63, 3.8) is 0 Å². The Hall–Kier alpha value is -0.480. The molecule has 1 rings (SSSR count). The number of benzene rings is 1. The third-order valence-electron chi connectivity index (χ3n) is 1.68. The Morgan fingerprint density at radius 1 is 1.62 bits per heavy atom. The predicted octanol–water partition coefficient (Wildman–Crippen LogP) is 2.58. The van der Waals surface area contributed by atoms with Crippen molar-refractivity contribution in [1.82, 2.24) is 0 Å². The molecule has 1 unspecified atom stereocenters. The number of ketones is 1. The van der Waals surface area contributed by atoms with E-state index in [9.17, 15) is 4.79 Å². The molecule has 1 atom stereocenters. The average Bonchev–Trinajstić information content (AvgIpc) is 2.08. The van der Waals surface area contributed by atoms with Crippen molar-refractivity contribution in [2.24, 2.45) is 0 Å². The van der Waals surface area contributed by atoms with Crippen molar-refractivity contribution < 1.29 is 4.79 Å². The Bertz CT molecular complexity index is 340. The van der Waals surface area contributed by atoms with Gasteiger partial charge in [-0.05, 0) is 30.7 Å². The van der Waals surface area contributed by atoms with Crippen molar-refractivity contribution >= 4 is 40.0 Å². The Balaban J connectivity index is 3.12. The molecule has 13 heavy (non-hydrogen) atoms. The van der Waals surface area contributed by atoms with Gasteiger partial charge in [0.05, 0.1) is 4.83 Å². The molecule has 0 spiro atoms. The molecule has 2 nitrogen and oxygen atoms in total. The molecule has 0 bridgehead atoms. The second-order valence-corrected chi connectivity index (χ2v) is 4.19. The first-order valence-corrected chi connectivity index (χ1v) is 5.11. The van der Waals surface area contributed by atoms with Gasteiger partial charge in [0.1, 0.15) is 5.78 Å². The van der Waals surface area contributed by atoms with Gasteiger partial charge in [0.25, 0.3) is 0 Å². The normalized spacial score (nSPS) is 12.5. The van der Waals surface area contributed by atoms with Crippen LogP contribution in [0.5, 0.6) is 0 Å². The highest BCUT2D eigenvalue weighted by Crippen LogP contribution is 2.30. The third kappa shape index (κ3) is 2.48. The first-order chi connectivity index (χ1) is 6.02. The summed E-state index contributed by atoms with van der Waals surface area (Å²) in [5, 5.41) is 0. The molecule has 0 aromatic heterocycles. The van der Waals surface area contributed by atoms with Crippen LogP contribution in [-0.2, 0) is 4.79 Å². The van der Waals surface area contributed by atoms with Gasteiger partial charge in [-0.2, -0.15) is 0 Å². The van der Waals surface area contributed by atoms with Crippen molar-refractivity contribution in [3.05, 3.63) is 23.8 Å². The first kappa shape index (κ1) is 10.6. The minimum absolute atomic E-state index is 0.0425. The first-order valence-electron chi connectivity index (χ1n) is 3.75. The Morgan fingerprint density at radius 2 is 2.23 bits per heavy atom. The largest absolute Gasteiger partial charge is 0.399 e. The number of alkyl halides is 1. The van der Waals surface area contributed by atoms with E-state index in [1.54, 1.807) is 18.2 Å². The zero-order chi connectivity index (χ0) is 10.0. The summed E-state index contributed by atoms with van der Waals surface area (Å²) >= 11 is 7.52. The van der Waals surface area contributed by atoms with Crippen LogP contribution in [0.15, 0.2) is 23.1 Å². The van der Waals surface area contributed by atoms with Gasteiger partial charge in [0.2, 0.25) is 0 Å². The van der Waals surface area contributed by atoms with Crippen LogP contribution in [0.3, 0.4) is 0 Å². The number of nitrogens with two attached hydrogens (primary N) is 1. The summed E-state index contributed by atoms with van der Waals surface area (Å²) in [7, 11) is 0. The maximum absolute atomic E-state index is 11.1. The van der Waals surface area contributed by atoms with E-state index >= 15 is 0 Å². The molecule has 1 aromatic rings. The second-order valence-electron chi connectivity index (χ2n) is 2.79. The summed E-state index contributed by atoms with van der Waals surface area (Å²) < 4.78 is 0. The number of Topliss-reactive ketones (excluding diaryl/α,β-unsaturated/α-hetero) is 1. The molecule has 0 amide bonds. The zero-order valence-electron chi connectivity index (χ0n) is 7.12. The minimum atomic E-state index is -0.316. The van der Waals surface area contributed by atoms with E-state index in [2.05, 4.69) is 28.6 Å². The molecular formula is C9H10BrNOS. The molecule has 0 saturated heterocycles. The number of rotatable bonds is 2. The molecule has 70 valence electrons. The van der Waals surface area contributed by atoms with Gasteiger partial charge >= 0.3 is 0 Å². The fourth-order valence-electron chi connectivity index (χ4n) is 0.995. The summed E-state index contributed by atoms with van der Waals surface area (Å²) in [6, 6.07) is 5.29. The quantitative estimate of drug-likeness (QED) is 0.487. The van der Waals surface area contributed by atoms with E-state index in [1.165, 1.54) is 6.92 Å². The molecular weight excluding hydrogens is 250 g/mol. The predicted molar refractivity (Wildman–Crippen MR) is 60.5 cm³/mol. The van der Waals surface area contributed by atoms with Crippen LogP contribution in [0.4, 0.5) is 5.69 Å². The summed E-state index contributed by atoms with van der Waals surface area (Å²) in [6.07, 6.45) is 0. The van der Waals surface area contributed by atoms with Gasteiger partial charge in [-0.3, -0.25) is 4.79 Å². The maximum Gasteiger partial charge on any atom is 0.147 e. The van der Waals surface area contributed by atoms with Crippen LogP contribution in [-0.4, -0.2) is 5.78 Å². The Kier molecular flexibility index (Phi) is 3.39. The summed E-state index contributed by atoms with van der Waals surface area (Å²) in [4.78, 5) is 11.5. The molecule has 0 aliphatic heterocycles. The molecule has 0 aliphatic carbocycles. The van der Waals surface area contributed by atoms with Gasteiger partial charge in [-0.1, -0.05) is 15.9 Å². The Morgan fingerprint density at radius 3 is 2.77 bits per heavy atom. The van der Waals surface area contributed by atoms with Crippen LogP contribution in [0.25, 0.3) is 0 Å². The third-order valence-corrected chi connectivity index (χ3v) is 3.23. The highest BCUT2D eigenvalue weighted by molar-refractivity contribution is 9.09. The SMILES string of the molecule is CC(=O)C(Br)c1cc(N)ccc1S. The molecule has 1 aromatic carbocycles. The van der Waals surface area contributed by atoms with Crippen LogP contribution in [0, 0.1) is 0 Å². The van der Waals surface area contributed by atoms with Crippen LogP contribution in [0.2, 0.25) is 0 Å². The second kappa shape index (κ2) is 4.15. The highest BCUT2D eigenvalue weighted by atomic mass is 79.9. The molecule has 0 aliphatic rings. The zero-order valence-corrected chi connectivity index (χ0v) is 9.60.